The first-order valence-electron chi connectivity index (χ1n) is 6.26. The van der Waals surface area contributed by atoms with Gasteiger partial charge in [0.15, 0.2) is 0 Å². The van der Waals surface area contributed by atoms with E-state index in [1.54, 1.807) is 0 Å². The number of nitrogens with zero attached hydrogens (tertiary/aromatic N) is 1. The molecule has 17 heavy (non-hydrogen) atoms. The number of hydrogen-bond acceptors (Lipinski definition) is 1. The Labute approximate surface area is 103 Å². The lowest BCUT2D eigenvalue weighted by atomic mass is 9.89. The average molecular weight is 225 g/mol. The lowest BCUT2D eigenvalue weighted by Gasteiger charge is -2.40. The van der Waals surface area contributed by atoms with Crippen LogP contribution >= 0.6 is 0 Å². The highest BCUT2D eigenvalue weighted by Crippen LogP contribution is 2.44. The molecule has 88 valence electrons. The molecule has 1 heteroatoms. The Kier molecular flexibility index (Phi) is 2.04. The molecule has 0 spiro atoms. The SMILES string of the molecule is CC1=CC(C)(C)N(C)C2=C1c1ccccc1C2. The summed E-state index contributed by atoms with van der Waals surface area (Å²) in [5, 5.41) is 0. The molecule has 0 amide bonds. The molecule has 0 unspecified atom stereocenters. The van der Waals surface area contributed by atoms with Crippen LogP contribution in [0, 0.1) is 0 Å². The quantitative estimate of drug-likeness (QED) is 0.652. The van der Waals surface area contributed by atoms with Gasteiger partial charge >= 0.3 is 0 Å². The van der Waals surface area contributed by atoms with E-state index in [1.807, 2.05) is 0 Å². The molecule has 1 heterocycles. The van der Waals surface area contributed by atoms with Crippen molar-refractivity contribution in [2.45, 2.75) is 32.7 Å². The molecule has 1 aliphatic carbocycles. The average Bonchev–Trinajstić information content (AvgIpc) is 2.65. The molecule has 3 rings (SSSR count). The van der Waals surface area contributed by atoms with Gasteiger partial charge in [-0.15, -0.1) is 0 Å². The molecule has 1 aromatic carbocycles. The van der Waals surface area contributed by atoms with E-state index in [0.717, 1.165) is 6.42 Å². The third-order valence-electron chi connectivity index (χ3n) is 4.17. The molecule has 0 radical (unpaired) electrons. The normalized spacial score (nSPS) is 21.2. The van der Waals surface area contributed by atoms with E-state index in [0.29, 0.717) is 0 Å². The Morgan fingerprint density at radius 1 is 1.18 bits per heavy atom. The van der Waals surface area contributed by atoms with Gasteiger partial charge in [0.1, 0.15) is 0 Å². The summed E-state index contributed by atoms with van der Waals surface area (Å²) in [5.41, 5.74) is 7.39. The molecule has 1 nitrogen and oxygen atoms in total. The van der Waals surface area contributed by atoms with Crippen molar-refractivity contribution in [2.75, 3.05) is 7.05 Å². The van der Waals surface area contributed by atoms with Gasteiger partial charge in [-0.05, 0) is 37.5 Å². The van der Waals surface area contributed by atoms with Gasteiger partial charge in [0.25, 0.3) is 0 Å². The maximum absolute atomic E-state index is 2.43. The Hall–Kier alpha value is -1.50. The molecule has 0 bridgehead atoms. The van der Waals surface area contributed by atoms with Crippen molar-refractivity contribution in [1.82, 2.24) is 4.90 Å². The van der Waals surface area contributed by atoms with E-state index in [4.69, 9.17) is 0 Å². The van der Waals surface area contributed by atoms with Crippen molar-refractivity contribution in [3.63, 3.8) is 0 Å². The lowest BCUT2D eigenvalue weighted by Crippen LogP contribution is -2.41. The minimum absolute atomic E-state index is 0.130. The smallest absolute Gasteiger partial charge is 0.0528 e. The highest BCUT2D eigenvalue weighted by atomic mass is 15.2. The largest absolute Gasteiger partial charge is 0.369 e. The second kappa shape index (κ2) is 3.25. The summed E-state index contributed by atoms with van der Waals surface area (Å²) < 4.78 is 0. The maximum Gasteiger partial charge on any atom is 0.0528 e. The highest BCUT2D eigenvalue weighted by Gasteiger charge is 2.34. The summed E-state index contributed by atoms with van der Waals surface area (Å²) in [5.74, 6) is 0. The van der Waals surface area contributed by atoms with Crippen LogP contribution in [0.3, 0.4) is 0 Å². The molecular formula is C16H19N. The standard InChI is InChI=1S/C16H19N/c1-11-10-16(2,3)17(4)14-9-12-7-5-6-8-13(12)15(11)14/h5-8,10H,9H2,1-4H3. The number of likely N-dealkylation sites (N-methyl/N-ethyl adjacent to an activating group) is 1. The number of benzene rings is 1. The molecule has 0 aromatic heterocycles. The first-order chi connectivity index (χ1) is 8.00. The monoisotopic (exact) mass is 225 g/mol. The first-order valence-corrected chi connectivity index (χ1v) is 6.26. The predicted molar refractivity (Wildman–Crippen MR) is 72.7 cm³/mol. The molecule has 0 fully saturated rings. The van der Waals surface area contributed by atoms with Crippen LogP contribution in [-0.2, 0) is 6.42 Å². The number of fused-ring (bicyclic) bond motifs is 2. The second-order valence-corrected chi connectivity index (χ2v) is 5.70. The molecular weight excluding hydrogens is 206 g/mol. The van der Waals surface area contributed by atoms with Crippen LogP contribution in [0.1, 0.15) is 31.9 Å². The molecule has 0 N–H and O–H groups in total. The maximum atomic E-state index is 2.43. The zero-order valence-corrected chi connectivity index (χ0v) is 11.0. The van der Waals surface area contributed by atoms with Gasteiger partial charge in [-0.3, -0.25) is 0 Å². The summed E-state index contributed by atoms with van der Waals surface area (Å²) in [6.45, 7) is 6.80. The van der Waals surface area contributed by atoms with Crippen LogP contribution < -0.4 is 0 Å². The Morgan fingerprint density at radius 3 is 2.65 bits per heavy atom. The van der Waals surface area contributed by atoms with E-state index < -0.39 is 0 Å². The lowest BCUT2D eigenvalue weighted by molar-refractivity contribution is 0.254. The number of rotatable bonds is 0. The van der Waals surface area contributed by atoms with Crippen molar-refractivity contribution in [1.29, 1.82) is 0 Å². The second-order valence-electron chi connectivity index (χ2n) is 5.70. The summed E-state index contributed by atoms with van der Waals surface area (Å²) in [4.78, 5) is 2.43. The van der Waals surface area contributed by atoms with Crippen LogP contribution in [0.25, 0.3) is 5.57 Å². The molecule has 0 saturated heterocycles. The number of allylic oxidation sites excluding steroid dienone is 3. The van der Waals surface area contributed by atoms with E-state index in [1.165, 1.54) is 28.0 Å². The molecule has 2 aliphatic rings. The molecule has 0 saturated carbocycles. The summed E-state index contributed by atoms with van der Waals surface area (Å²) >= 11 is 0. The molecule has 1 aromatic rings. The topological polar surface area (TPSA) is 3.24 Å². The predicted octanol–water partition coefficient (Wildman–Crippen LogP) is 3.62. The fourth-order valence-corrected chi connectivity index (χ4v) is 3.12. The highest BCUT2D eigenvalue weighted by molar-refractivity contribution is 5.87. The van der Waals surface area contributed by atoms with E-state index in [-0.39, 0.29) is 5.54 Å². The van der Waals surface area contributed by atoms with Crippen LogP contribution in [0.2, 0.25) is 0 Å². The van der Waals surface area contributed by atoms with E-state index in [9.17, 15) is 0 Å². The number of hydrogen-bond donors (Lipinski definition) is 0. The van der Waals surface area contributed by atoms with Gasteiger partial charge < -0.3 is 4.90 Å². The summed E-state index contributed by atoms with van der Waals surface area (Å²) in [6, 6.07) is 8.78. The third-order valence-corrected chi connectivity index (χ3v) is 4.17. The van der Waals surface area contributed by atoms with Gasteiger partial charge in [0, 0.05) is 24.7 Å². The Bertz CT molecular complexity index is 546. The fraction of sp³-hybridized carbons (Fsp3) is 0.375. The van der Waals surface area contributed by atoms with Gasteiger partial charge in [-0.2, -0.15) is 0 Å². The molecule has 0 atom stereocenters. The minimum Gasteiger partial charge on any atom is -0.369 e. The first kappa shape index (κ1) is 10.6. The zero-order valence-electron chi connectivity index (χ0n) is 11.0. The van der Waals surface area contributed by atoms with Crippen molar-refractivity contribution in [3.8, 4) is 0 Å². The van der Waals surface area contributed by atoms with Crippen LogP contribution in [0.15, 0.2) is 41.6 Å². The Balaban J connectivity index is 2.19. The van der Waals surface area contributed by atoms with E-state index >= 15 is 0 Å². The Morgan fingerprint density at radius 2 is 1.88 bits per heavy atom. The molecule has 1 aliphatic heterocycles. The zero-order chi connectivity index (χ0) is 12.2. The van der Waals surface area contributed by atoms with E-state index in [2.05, 4.69) is 63.1 Å². The van der Waals surface area contributed by atoms with Gasteiger partial charge in [-0.1, -0.05) is 30.3 Å². The third kappa shape index (κ3) is 1.38. The van der Waals surface area contributed by atoms with Crippen molar-refractivity contribution in [3.05, 3.63) is 52.7 Å². The van der Waals surface area contributed by atoms with Gasteiger partial charge in [0.2, 0.25) is 0 Å². The van der Waals surface area contributed by atoms with Crippen molar-refractivity contribution in [2.24, 2.45) is 0 Å². The summed E-state index contributed by atoms with van der Waals surface area (Å²) in [7, 11) is 2.21. The van der Waals surface area contributed by atoms with Gasteiger partial charge in [-0.25, -0.2) is 0 Å². The fourth-order valence-electron chi connectivity index (χ4n) is 3.12. The summed E-state index contributed by atoms with van der Waals surface area (Å²) in [6.07, 6.45) is 3.46. The van der Waals surface area contributed by atoms with Crippen molar-refractivity contribution >= 4 is 5.57 Å². The van der Waals surface area contributed by atoms with Crippen LogP contribution in [0.4, 0.5) is 0 Å². The van der Waals surface area contributed by atoms with Crippen LogP contribution in [-0.4, -0.2) is 17.5 Å². The van der Waals surface area contributed by atoms with Crippen LogP contribution in [0.5, 0.6) is 0 Å². The van der Waals surface area contributed by atoms with Gasteiger partial charge in [0.05, 0.1) is 5.54 Å². The van der Waals surface area contributed by atoms with Crippen molar-refractivity contribution < 1.29 is 0 Å². The minimum atomic E-state index is 0.130.